The van der Waals surface area contributed by atoms with Crippen LogP contribution < -0.4 is 0 Å². The average Bonchev–Trinajstić information content (AvgIpc) is 3.41. The summed E-state index contributed by atoms with van der Waals surface area (Å²) in [5, 5.41) is 9.03. The quantitative estimate of drug-likeness (QED) is 0.852. The monoisotopic (exact) mass is 343 g/mol. The van der Waals surface area contributed by atoms with Crippen molar-refractivity contribution in [2.75, 3.05) is 26.3 Å². The lowest BCUT2D eigenvalue weighted by Crippen LogP contribution is -2.30. The number of hydrogen-bond donors (Lipinski definition) is 0. The van der Waals surface area contributed by atoms with Gasteiger partial charge in [0.1, 0.15) is 0 Å². The van der Waals surface area contributed by atoms with Crippen molar-refractivity contribution in [3.8, 4) is 0 Å². The molecule has 0 bridgehead atoms. The number of rotatable bonds is 4. The molecule has 2 fully saturated rings. The van der Waals surface area contributed by atoms with Crippen LogP contribution in [0.2, 0.25) is 0 Å². The molecule has 0 aliphatic carbocycles. The maximum absolute atomic E-state index is 13.2. The highest BCUT2D eigenvalue weighted by Crippen LogP contribution is 2.30. The first-order valence-electron chi connectivity index (χ1n) is 9.19. The number of nitrogens with zero attached hydrogens (tertiary/aromatic N) is 5. The van der Waals surface area contributed by atoms with Gasteiger partial charge in [0.05, 0.1) is 17.3 Å². The van der Waals surface area contributed by atoms with Crippen LogP contribution in [0.3, 0.4) is 0 Å². The minimum absolute atomic E-state index is 0.107. The van der Waals surface area contributed by atoms with Crippen LogP contribution in [0.5, 0.6) is 0 Å². The van der Waals surface area contributed by atoms with Crippen molar-refractivity contribution in [2.45, 2.75) is 44.7 Å². The van der Waals surface area contributed by atoms with Gasteiger partial charge in [-0.15, -0.1) is 0 Å². The lowest BCUT2D eigenvalue weighted by atomic mass is 9.93. The molecule has 7 nitrogen and oxygen atoms in total. The molecule has 0 spiro atoms. The Bertz CT molecular complexity index is 718. The molecule has 2 aromatic rings. The predicted molar refractivity (Wildman–Crippen MR) is 92.5 cm³/mol. The number of carbonyl (C=O) groups is 1. The SMILES string of the molecule is CCn1cc(C(=O)N2CCC(n3cccn3)C2)c(C2CCOCC2)n1. The van der Waals surface area contributed by atoms with E-state index in [1.165, 1.54) is 0 Å². The van der Waals surface area contributed by atoms with Gasteiger partial charge in [0, 0.05) is 57.4 Å². The highest BCUT2D eigenvalue weighted by Gasteiger charge is 2.32. The van der Waals surface area contributed by atoms with Gasteiger partial charge in [-0.25, -0.2) is 0 Å². The van der Waals surface area contributed by atoms with Crippen LogP contribution in [0.1, 0.15) is 54.2 Å². The van der Waals surface area contributed by atoms with Gasteiger partial charge in [-0.3, -0.25) is 14.2 Å². The minimum Gasteiger partial charge on any atom is -0.381 e. The Labute approximate surface area is 147 Å². The molecule has 25 heavy (non-hydrogen) atoms. The lowest BCUT2D eigenvalue weighted by Gasteiger charge is -2.22. The summed E-state index contributed by atoms with van der Waals surface area (Å²) < 4.78 is 9.32. The normalized spacial score (nSPS) is 21.8. The summed E-state index contributed by atoms with van der Waals surface area (Å²) in [4.78, 5) is 15.1. The van der Waals surface area contributed by atoms with Gasteiger partial charge in [-0.1, -0.05) is 0 Å². The molecule has 2 aliphatic rings. The first-order valence-corrected chi connectivity index (χ1v) is 9.19. The molecule has 2 aliphatic heterocycles. The van der Waals surface area contributed by atoms with Gasteiger partial charge in [-0.2, -0.15) is 10.2 Å². The molecule has 0 aromatic carbocycles. The Morgan fingerprint density at radius 1 is 1.32 bits per heavy atom. The van der Waals surface area contributed by atoms with E-state index < -0.39 is 0 Å². The third-order valence-electron chi connectivity index (χ3n) is 5.30. The van der Waals surface area contributed by atoms with Crippen LogP contribution in [0.25, 0.3) is 0 Å². The number of amides is 1. The van der Waals surface area contributed by atoms with E-state index in [1.807, 2.05) is 32.7 Å². The van der Waals surface area contributed by atoms with Gasteiger partial charge in [0.25, 0.3) is 5.91 Å². The summed E-state index contributed by atoms with van der Waals surface area (Å²) in [6.45, 7) is 5.82. The molecule has 1 unspecified atom stereocenters. The molecule has 0 N–H and O–H groups in total. The Hall–Kier alpha value is -2.15. The molecular formula is C18H25N5O2. The van der Waals surface area contributed by atoms with E-state index in [-0.39, 0.29) is 11.9 Å². The molecule has 134 valence electrons. The Kier molecular flexibility index (Phi) is 4.57. The van der Waals surface area contributed by atoms with Crippen molar-refractivity contribution in [3.63, 3.8) is 0 Å². The first-order chi connectivity index (χ1) is 12.3. The molecular weight excluding hydrogens is 318 g/mol. The van der Waals surface area contributed by atoms with E-state index in [9.17, 15) is 4.79 Å². The second kappa shape index (κ2) is 7.00. The Balaban J connectivity index is 1.54. The van der Waals surface area contributed by atoms with Crippen LogP contribution >= 0.6 is 0 Å². The fourth-order valence-corrected chi connectivity index (χ4v) is 3.84. The van der Waals surface area contributed by atoms with Gasteiger partial charge >= 0.3 is 0 Å². The van der Waals surface area contributed by atoms with Crippen LogP contribution in [-0.4, -0.2) is 56.7 Å². The van der Waals surface area contributed by atoms with Crippen molar-refractivity contribution in [2.24, 2.45) is 0 Å². The highest BCUT2D eigenvalue weighted by atomic mass is 16.5. The number of carbonyl (C=O) groups excluding carboxylic acids is 1. The summed E-state index contributed by atoms with van der Waals surface area (Å²) in [7, 11) is 0. The molecule has 2 saturated heterocycles. The second-order valence-corrected chi connectivity index (χ2v) is 6.85. The third kappa shape index (κ3) is 3.20. The number of ether oxygens (including phenoxy) is 1. The number of aryl methyl sites for hydroxylation is 1. The Morgan fingerprint density at radius 3 is 2.88 bits per heavy atom. The van der Waals surface area contributed by atoms with E-state index in [1.54, 1.807) is 6.20 Å². The van der Waals surface area contributed by atoms with Crippen LogP contribution in [0, 0.1) is 0 Å². The van der Waals surface area contributed by atoms with E-state index in [0.29, 0.717) is 12.5 Å². The van der Waals surface area contributed by atoms with Crippen molar-refractivity contribution >= 4 is 5.91 Å². The minimum atomic E-state index is 0.107. The third-order valence-corrected chi connectivity index (χ3v) is 5.30. The summed E-state index contributed by atoms with van der Waals surface area (Å²) in [6, 6.07) is 2.20. The van der Waals surface area contributed by atoms with Crippen molar-refractivity contribution in [1.82, 2.24) is 24.5 Å². The van der Waals surface area contributed by atoms with E-state index in [2.05, 4.69) is 12.0 Å². The van der Waals surface area contributed by atoms with E-state index >= 15 is 0 Å². The zero-order valence-corrected chi connectivity index (χ0v) is 14.7. The molecule has 4 heterocycles. The Morgan fingerprint density at radius 2 is 2.16 bits per heavy atom. The highest BCUT2D eigenvalue weighted by molar-refractivity contribution is 5.95. The van der Waals surface area contributed by atoms with Crippen molar-refractivity contribution < 1.29 is 9.53 Å². The number of likely N-dealkylation sites (tertiary alicyclic amines) is 1. The van der Waals surface area contributed by atoms with Crippen LogP contribution in [0.4, 0.5) is 0 Å². The molecule has 0 radical (unpaired) electrons. The standard InChI is InChI=1S/C18H25N5O2/c1-2-22-13-16(17(20-22)14-5-10-25-11-6-14)18(24)21-9-4-15(12-21)23-8-3-7-19-23/h3,7-8,13-15H,2,4-6,9-12H2,1H3. The number of hydrogen-bond acceptors (Lipinski definition) is 4. The number of aromatic nitrogens is 4. The van der Waals surface area contributed by atoms with Gasteiger partial charge in [0.2, 0.25) is 0 Å². The second-order valence-electron chi connectivity index (χ2n) is 6.85. The first kappa shape index (κ1) is 16.3. The largest absolute Gasteiger partial charge is 0.381 e. The summed E-state index contributed by atoms with van der Waals surface area (Å²) in [6.07, 6.45) is 8.52. The molecule has 1 amide bonds. The molecule has 0 saturated carbocycles. The molecule has 2 aromatic heterocycles. The zero-order valence-electron chi connectivity index (χ0n) is 14.7. The topological polar surface area (TPSA) is 65.2 Å². The smallest absolute Gasteiger partial charge is 0.257 e. The van der Waals surface area contributed by atoms with Gasteiger partial charge < -0.3 is 9.64 Å². The lowest BCUT2D eigenvalue weighted by molar-refractivity contribution is 0.0766. The molecule has 1 atom stereocenters. The van der Waals surface area contributed by atoms with E-state index in [4.69, 9.17) is 9.84 Å². The summed E-state index contributed by atoms with van der Waals surface area (Å²) >= 11 is 0. The summed E-state index contributed by atoms with van der Waals surface area (Å²) in [5.41, 5.74) is 1.73. The average molecular weight is 343 g/mol. The van der Waals surface area contributed by atoms with Gasteiger partial charge in [-0.05, 0) is 32.3 Å². The maximum Gasteiger partial charge on any atom is 0.257 e. The fraction of sp³-hybridized carbons (Fsp3) is 0.611. The van der Waals surface area contributed by atoms with Crippen molar-refractivity contribution in [3.05, 3.63) is 35.9 Å². The van der Waals surface area contributed by atoms with Crippen molar-refractivity contribution in [1.29, 1.82) is 0 Å². The fourth-order valence-electron chi connectivity index (χ4n) is 3.84. The summed E-state index contributed by atoms with van der Waals surface area (Å²) in [5.74, 6) is 0.431. The molecule has 4 rings (SSSR count). The zero-order chi connectivity index (χ0) is 17.2. The van der Waals surface area contributed by atoms with Crippen LogP contribution in [-0.2, 0) is 11.3 Å². The predicted octanol–water partition coefficient (Wildman–Crippen LogP) is 2.08. The maximum atomic E-state index is 13.2. The van der Waals surface area contributed by atoms with Gasteiger partial charge in [0.15, 0.2) is 0 Å². The van der Waals surface area contributed by atoms with E-state index in [0.717, 1.165) is 56.8 Å². The molecule has 7 heteroatoms. The van der Waals surface area contributed by atoms with Crippen LogP contribution in [0.15, 0.2) is 24.7 Å².